The Bertz CT molecular complexity index is 457. The van der Waals surface area contributed by atoms with E-state index in [9.17, 15) is 0 Å². The van der Waals surface area contributed by atoms with E-state index in [2.05, 4.69) is 24.4 Å². The molecule has 0 saturated heterocycles. The molecule has 104 valence electrons. The molecule has 1 heterocycles. The summed E-state index contributed by atoms with van der Waals surface area (Å²) in [7, 11) is 0. The Morgan fingerprint density at radius 2 is 2.21 bits per heavy atom. The van der Waals surface area contributed by atoms with Gasteiger partial charge < -0.3 is 11.1 Å². The van der Waals surface area contributed by atoms with Gasteiger partial charge in [0.05, 0.1) is 5.54 Å². The second-order valence-corrected chi connectivity index (χ2v) is 6.29. The summed E-state index contributed by atoms with van der Waals surface area (Å²) in [4.78, 5) is 4.81. The van der Waals surface area contributed by atoms with Crippen LogP contribution in [-0.4, -0.2) is 17.1 Å². The maximum Gasteiger partial charge on any atom is 0.126 e. The fourth-order valence-electron chi connectivity index (χ4n) is 3.70. The van der Waals surface area contributed by atoms with Crippen LogP contribution < -0.4 is 11.1 Å². The Kier molecular flexibility index (Phi) is 3.48. The number of anilines is 1. The van der Waals surface area contributed by atoms with Crippen molar-refractivity contribution in [2.45, 2.75) is 57.4 Å². The fraction of sp³-hybridized carbons (Fsp3) is 0.688. The maximum absolute atomic E-state index is 6.10. The summed E-state index contributed by atoms with van der Waals surface area (Å²) in [6, 6.07) is 4.39. The summed E-state index contributed by atoms with van der Waals surface area (Å²) in [6.45, 7) is 3.03. The first-order valence-corrected chi connectivity index (χ1v) is 7.70. The number of fused-ring (bicyclic) bond motifs is 1. The van der Waals surface area contributed by atoms with Crippen LogP contribution in [0.25, 0.3) is 0 Å². The molecule has 0 bridgehead atoms. The van der Waals surface area contributed by atoms with Gasteiger partial charge in [-0.05, 0) is 49.7 Å². The highest BCUT2D eigenvalue weighted by atomic mass is 15.1. The number of nitrogens with one attached hydrogen (secondary N) is 1. The minimum Gasteiger partial charge on any atom is -0.363 e. The monoisotopic (exact) mass is 259 g/mol. The van der Waals surface area contributed by atoms with Gasteiger partial charge in [-0.25, -0.2) is 4.98 Å². The molecule has 0 aromatic carbocycles. The third kappa shape index (κ3) is 2.36. The van der Waals surface area contributed by atoms with Gasteiger partial charge in [0.25, 0.3) is 0 Å². The Morgan fingerprint density at radius 1 is 1.32 bits per heavy atom. The number of aryl methyl sites for hydroxylation is 2. The summed E-state index contributed by atoms with van der Waals surface area (Å²) in [5.74, 6) is 1.65. The Labute approximate surface area is 116 Å². The van der Waals surface area contributed by atoms with Crippen molar-refractivity contribution in [2.24, 2.45) is 11.7 Å². The lowest BCUT2D eigenvalue weighted by molar-refractivity contribution is 0.235. The van der Waals surface area contributed by atoms with Crippen LogP contribution in [-0.2, 0) is 12.8 Å². The number of nitrogens with two attached hydrogens (primary N) is 1. The van der Waals surface area contributed by atoms with Crippen molar-refractivity contribution in [2.75, 3.05) is 11.9 Å². The number of hydrogen-bond donors (Lipinski definition) is 2. The van der Waals surface area contributed by atoms with Crippen molar-refractivity contribution in [1.82, 2.24) is 4.98 Å². The van der Waals surface area contributed by atoms with Gasteiger partial charge in [-0.2, -0.15) is 0 Å². The SMILES string of the molecule is CC1CCCCC1(CN)Nc1ccc2c(n1)CCC2. The largest absolute Gasteiger partial charge is 0.363 e. The van der Waals surface area contributed by atoms with E-state index in [4.69, 9.17) is 10.7 Å². The van der Waals surface area contributed by atoms with Crippen molar-refractivity contribution in [1.29, 1.82) is 0 Å². The van der Waals surface area contributed by atoms with Crippen LogP contribution in [0.4, 0.5) is 5.82 Å². The smallest absolute Gasteiger partial charge is 0.126 e. The lowest BCUT2D eigenvalue weighted by Crippen LogP contribution is -2.52. The minimum absolute atomic E-state index is 0.0537. The first kappa shape index (κ1) is 12.9. The molecule has 0 amide bonds. The number of hydrogen-bond acceptors (Lipinski definition) is 3. The van der Waals surface area contributed by atoms with E-state index in [1.165, 1.54) is 49.8 Å². The zero-order valence-corrected chi connectivity index (χ0v) is 11.9. The van der Waals surface area contributed by atoms with E-state index < -0.39 is 0 Å². The first-order chi connectivity index (χ1) is 9.23. The van der Waals surface area contributed by atoms with Crippen molar-refractivity contribution < 1.29 is 0 Å². The Balaban J connectivity index is 1.82. The number of aromatic nitrogens is 1. The van der Waals surface area contributed by atoms with Crippen LogP contribution in [0.3, 0.4) is 0 Å². The average Bonchev–Trinajstić information content (AvgIpc) is 2.89. The molecule has 3 nitrogen and oxygen atoms in total. The quantitative estimate of drug-likeness (QED) is 0.877. The van der Waals surface area contributed by atoms with Gasteiger partial charge >= 0.3 is 0 Å². The highest BCUT2D eigenvalue weighted by Crippen LogP contribution is 2.35. The molecule has 19 heavy (non-hydrogen) atoms. The van der Waals surface area contributed by atoms with Crippen LogP contribution in [0.5, 0.6) is 0 Å². The van der Waals surface area contributed by atoms with Crippen molar-refractivity contribution in [3.63, 3.8) is 0 Å². The third-order valence-corrected chi connectivity index (χ3v) is 5.12. The summed E-state index contributed by atoms with van der Waals surface area (Å²) in [5.41, 5.74) is 8.88. The molecule has 3 rings (SSSR count). The molecule has 2 unspecified atom stereocenters. The van der Waals surface area contributed by atoms with Gasteiger partial charge in [0.2, 0.25) is 0 Å². The molecule has 0 spiro atoms. The van der Waals surface area contributed by atoms with Gasteiger partial charge in [0.15, 0.2) is 0 Å². The topological polar surface area (TPSA) is 50.9 Å². The molecule has 2 atom stereocenters. The second-order valence-electron chi connectivity index (χ2n) is 6.29. The van der Waals surface area contributed by atoms with Crippen LogP contribution in [0.2, 0.25) is 0 Å². The molecule has 0 radical (unpaired) electrons. The van der Waals surface area contributed by atoms with Crippen LogP contribution in [0.15, 0.2) is 12.1 Å². The van der Waals surface area contributed by atoms with E-state index in [0.717, 1.165) is 12.2 Å². The molecule has 1 aromatic heterocycles. The molecule has 3 N–H and O–H groups in total. The molecule has 3 heteroatoms. The predicted octanol–water partition coefficient (Wildman–Crippen LogP) is 2.89. The average molecular weight is 259 g/mol. The number of pyridine rings is 1. The molecule has 0 aliphatic heterocycles. The van der Waals surface area contributed by atoms with Crippen LogP contribution >= 0.6 is 0 Å². The molecule has 1 fully saturated rings. The summed E-state index contributed by atoms with van der Waals surface area (Å²) in [6.07, 6.45) is 8.64. The van der Waals surface area contributed by atoms with Crippen molar-refractivity contribution in [3.8, 4) is 0 Å². The van der Waals surface area contributed by atoms with Gasteiger partial charge in [-0.15, -0.1) is 0 Å². The predicted molar refractivity (Wildman–Crippen MR) is 79.3 cm³/mol. The van der Waals surface area contributed by atoms with Gasteiger partial charge in [0, 0.05) is 12.2 Å². The third-order valence-electron chi connectivity index (χ3n) is 5.12. The number of nitrogens with zero attached hydrogens (tertiary/aromatic N) is 1. The van der Waals surface area contributed by atoms with E-state index in [-0.39, 0.29) is 5.54 Å². The lowest BCUT2D eigenvalue weighted by atomic mass is 9.73. The van der Waals surface area contributed by atoms with Gasteiger partial charge in [0.1, 0.15) is 5.82 Å². The first-order valence-electron chi connectivity index (χ1n) is 7.70. The van der Waals surface area contributed by atoms with Crippen LogP contribution in [0.1, 0.15) is 50.3 Å². The number of rotatable bonds is 3. The summed E-state index contributed by atoms with van der Waals surface area (Å²) in [5, 5.41) is 3.69. The molecular formula is C16H25N3. The normalized spacial score (nSPS) is 30.1. The maximum atomic E-state index is 6.10. The molecule has 2 aliphatic rings. The van der Waals surface area contributed by atoms with Crippen LogP contribution in [0, 0.1) is 5.92 Å². The van der Waals surface area contributed by atoms with Gasteiger partial charge in [-0.1, -0.05) is 25.8 Å². The molecule has 1 saturated carbocycles. The zero-order chi connectivity index (χ0) is 13.3. The Morgan fingerprint density at radius 3 is 3.00 bits per heavy atom. The van der Waals surface area contributed by atoms with Crippen molar-refractivity contribution in [3.05, 3.63) is 23.4 Å². The molecule has 2 aliphatic carbocycles. The lowest BCUT2D eigenvalue weighted by Gasteiger charge is -2.43. The Hall–Kier alpha value is -1.09. The summed E-state index contributed by atoms with van der Waals surface area (Å²) >= 11 is 0. The van der Waals surface area contributed by atoms with Crippen molar-refractivity contribution >= 4 is 5.82 Å². The van der Waals surface area contributed by atoms with E-state index in [1.54, 1.807) is 0 Å². The molecular weight excluding hydrogens is 234 g/mol. The highest BCUT2D eigenvalue weighted by Gasteiger charge is 2.37. The van der Waals surface area contributed by atoms with E-state index >= 15 is 0 Å². The summed E-state index contributed by atoms with van der Waals surface area (Å²) < 4.78 is 0. The molecule has 1 aromatic rings. The van der Waals surface area contributed by atoms with E-state index in [1.807, 2.05) is 0 Å². The zero-order valence-electron chi connectivity index (χ0n) is 11.9. The standard InChI is InChI=1S/C16H25N3/c1-12-5-2-3-10-16(12,11-17)19-15-9-8-13-6-4-7-14(13)18-15/h8-9,12H,2-7,10-11,17H2,1H3,(H,18,19). The van der Waals surface area contributed by atoms with E-state index in [0.29, 0.717) is 12.5 Å². The minimum atomic E-state index is 0.0537. The highest BCUT2D eigenvalue weighted by molar-refractivity contribution is 5.43. The second kappa shape index (κ2) is 5.12. The fourth-order valence-corrected chi connectivity index (χ4v) is 3.70. The van der Waals surface area contributed by atoms with Gasteiger partial charge in [-0.3, -0.25) is 0 Å².